The number of hydrogen-bond donors (Lipinski definition) is 2. The van der Waals surface area contributed by atoms with E-state index in [4.69, 9.17) is 0 Å². The maximum Gasteiger partial charge on any atom is 0.0474 e. The molecule has 0 bridgehead atoms. The van der Waals surface area contributed by atoms with Gasteiger partial charge in [-0.2, -0.15) is 0 Å². The Balaban J connectivity index is 1.97. The number of aliphatic hydroxyl groups excluding tert-OH is 1. The molecule has 2 heteroatoms. The van der Waals surface area contributed by atoms with Crippen molar-refractivity contribution in [3.63, 3.8) is 0 Å². The summed E-state index contributed by atoms with van der Waals surface area (Å²) in [5.74, 6) is 0.430. The Hall–Kier alpha value is -0.860. The summed E-state index contributed by atoms with van der Waals surface area (Å²) >= 11 is 0. The third-order valence-electron chi connectivity index (χ3n) is 3.26. The highest BCUT2D eigenvalue weighted by molar-refractivity contribution is 5.16. The van der Waals surface area contributed by atoms with Gasteiger partial charge in [-0.05, 0) is 37.3 Å². The summed E-state index contributed by atoms with van der Waals surface area (Å²) in [7, 11) is 0. The van der Waals surface area contributed by atoms with Gasteiger partial charge in [0, 0.05) is 12.6 Å². The molecule has 15 heavy (non-hydrogen) atoms. The molecule has 2 atom stereocenters. The van der Waals surface area contributed by atoms with E-state index in [-0.39, 0.29) is 0 Å². The highest BCUT2D eigenvalue weighted by Gasteiger charge is 2.23. The van der Waals surface area contributed by atoms with Crippen molar-refractivity contribution >= 4 is 0 Å². The summed E-state index contributed by atoms with van der Waals surface area (Å²) in [6.45, 7) is 1.40. The van der Waals surface area contributed by atoms with Crippen molar-refractivity contribution in [2.75, 3.05) is 13.2 Å². The molecule has 1 aromatic carbocycles. The summed E-state index contributed by atoms with van der Waals surface area (Å²) in [5.41, 5.74) is 1.36. The van der Waals surface area contributed by atoms with Gasteiger partial charge < -0.3 is 10.4 Å². The largest absolute Gasteiger partial charge is 0.396 e. The maximum atomic E-state index is 9.30. The fourth-order valence-corrected chi connectivity index (χ4v) is 2.34. The van der Waals surface area contributed by atoms with E-state index in [1.54, 1.807) is 0 Å². The summed E-state index contributed by atoms with van der Waals surface area (Å²) in [6.07, 6.45) is 3.38. The molecule has 2 rings (SSSR count). The van der Waals surface area contributed by atoms with Crippen LogP contribution in [0.1, 0.15) is 18.4 Å². The lowest BCUT2D eigenvalue weighted by molar-refractivity contribution is 0.159. The number of rotatable bonds is 3. The van der Waals surface area contributed by atoms with E-state index in [2.05, 4.69) is 29.6 Å². The van der Waals surface area contributed by atoms with Gasteiger partial charge in [0.05, 0.1) is 0 Å². The van der Waals surface area contributed by atoms with Crippen molar-refractivity contribution in [2.45, 2.75) is 25.3 Å². The minimum atomic E-state index is 0.310. The van der Waals surface area contributed by atoms with Crippen LogP contribution in [0.3, 0.4) is 0 Å². The first-order chi connectivity index (χ1) is 7.40. The van der Waals surface area contributed by atoms with Crippen LogP contribution in [0, 0.1) is 5.92 Å². The van der Waals surface area contributed by atoms with E-state index in [1.165, 1.54) is 12.0 Å². The summed E-state index contributed by atoms with van der Waals surface area (Å²) in [4.78, 5) is 0. The molecule has 1 aliphatic heterocycles. The van der Waals surface area contributed by atoms with Crippen molar-refractivity contribution in [3.05, 3.63) is 35.9 Å². The Morgan fingerprint density at radius 2 is 2.07 bits per heavy atom. The van der Waals surface area contributed by atoms with Gasteiger partial charge in [-0.25, -0.2) is 0 Å². The smallest absolute Gasteiger partial charge is 0.0474 e. The SMILES string of the molecule is OCC1CCCNC1Cc1ccccc1. The van der Waals surface area contributed by atoms with E-state index < -0.39 is 0 Å². The third kappa shape index (κ3) is 2.80. The summed E-state index contributed by atoms with van der Waals surface area (Å²) in [6, 6.07) is 11.0. The lowest BCUT2D eigenvalue weighted by Crippen LogP contribution is -2.44. The van der Waals surface area contributed by atoms with Crippen LogP contribution in [0.25, 0.3) is 0 Å². The third-order valence-corrected chi connectivity index (χ3v) is 3.26. The number of aliphatic hydroxyl groups is 1. The first-order valence-corrected chi connectivity index (χ1v) is 5.78. The standard InChI is InChI=1S/C13H19NO/c15-10-12-7-4-8-14-13(12)9-11-5-2-1-3-6-11/h1-3,5-6,12-15H,4,7-10H2. The molecule has 2 N–H and O–H groups in total. The van der Waals surface area contributed by atoms with Gasteiger partial charge in [0.2, 0.25) is 0 Å². The molecule has 0 aromatic heterocycles. The summed E-state index contributed by atoms with van der Waals surface area (Å²) in [5, 5.41) is 12.8. The molecule has 0 saturated carbocycles. The molecule has 1 fully saturated rings. The monoisotopic (exact) mass is 205 g/mol. The lowest BCUT2D eigenvalue weighted by Gasteiger charge is -2.31. The molecule has 2 unspecified atom stereocenters. The molecule has 1 aliphatic rings. The van der Waals surface area contributed by atoms with E-state index in [1.807, 2.05) is 6.07 Å². The lowest BCUT2D eigenvalue weighted by atomic mass is 9.87. The van der Waals surface area contributed by atoms with Crippen LogP contribution >= 0.6 is 0 Å². The van der Waals surface area contributed by atoms with E-state index in [0.717, 1.165) is 19.4 Å². The second-order valence-electron chi connectivity index (χ2n) is 4.34. The molecule has 2 nitrogen and oxygen atoms in total. The molecular weight excluding hydrogens is 186 g/mol. The molecule has 1 saturated heterocycles. The highest BCUT2D eigenvalue weighted by Crippen LogP contribution is 2.19. The molecule has 0 amide bonds. The van der Waals surface area contributed by atoms with Crippen LogP contribution in [-0.2, 0) is 6.42 Å². The first kappa shape index (κ1) is 10.7. The Labute approximate surface area is 91.3 Å². The van der Waals surface area contributed by atoms with Crippen molar-refractivity contribution < 1.29 is 5.11 Å². The van der Waals surface area contributed by atoms with Gasteiger partial charge in [-0.15, -0.1) is 0 Å². The van der Waals surface area contributed by atoms with Crippen LogP contribution in [0.5, 0.6) is 0 Å². The molecule has 1 heterocycles. The van der Waals surface area contributed by atoms with Crippen LogP contribution in [0.2, 0.25) is 0 Å². The fraction of sp³-hybridized carbons (Fsp3) is 0.538. The van der Waals surface area contributed by atoms with Crippen molar-refractivity contribution in [2.24, 2.45) is 5.92 Å². The molecule has 82 valence electrons. The minimum absolute atomic E-state index is 0.310. The van der Waals surface area contributed by atoms with Crippen molar-refractivity contribution in [1.29, 1.82) is 0 Å². The van der Waals surface area contributed by atoms with Crippen LogP contribution < -0.4 is 5.32 Å². The molecule has 1 aromatic rings. The summed E-state index contributed by atoms with van der Waals surface area (Å²) < 4.78 is 0. The second-order valence-corrected chi connectivity index (χ2v) is 4.34. The van der Waals surface area contributed by atoms with Crippen molar-refractivity contribution in [3.8, 4) is 0 Å². The molecule has 0 spiro atoms. The predicted octanol–water partition coefficient (Wildman–Crippen LogP) is 1.59. The maximum absolute atomic E-state index is 9.30. The first-order valence-electron chi connectivity index (χ1n) is 5.78. The second kappa shape index (κ2) is 5.29. The zero-order valence-corrected chi connectivity index (χ0v) is 9.02. The van der Waals surface area contributed by atoms with Crippen LogP contribution in [0.4, 0.5) is 0 Å². The normalized spacial score (nSPS) is 26.5. The number of nitrogens with one attached hydrogen (secondary N) is 1. The Bertz CT molecular complexity index is 286. The average Bonchev–Trinajstić information content (AvgIpc) is 2.31. The van der Waals surface area contributed by atoms with Gasteiger partial charge in [-0.3, -0.25) is 0 Å². The minimum Gasteiger partial charge on any atom is -0.396 e. The van der Waals surface area contributed by atoms with Gasteiger partial charge in [-0.1, -0.05) is 30.3 Å². The Kier molecular flexibility index (Phi) is 3.75. The van der Waals surface area contributed by atoms with E-state index in [0.29, 0.717) is 18.6 Å². The molecular formula is C13H19NO. The van der Waals surface area contributed by atoms with Gasteiger partial charge >= 0.3 is 0 Å². The molecule has 0 aliphatic carbocycles. The van der Waals surface area contributed by atoms with Crippen LogP contribution in [-0.4, -0.2) is 24.3 Å². The highest BCUT2D eigenvalue weighted by atomic mass is 16.3. The van der Waals surface area contributed by atoms with Gasteiger partial charge in [0.15, 0.2) is 0 Å². The zero-order chi connectivity index (χ0) is 10.5. The number of hydrogen-bond acceptors (Lipinski definition) is 2. The van der Waals surface area contributed by atoms with Gasteiger partial charge in [0.25, 0.3) is 0 Å². The zero-order valence-electron chi connectivity index (χ0n) is 9.02. The topological polar surface area (TPSA) is 32.3 Å². The van der Waals surface area contributed by atoms with E-state index in [9.17, 15) is 5.11 Å². The molecule has 0 radical (unpaired) electrons. The predicted molar refractivity (Wildman–Crippen MR) is 61.7 cm³/mol. The fourth-order valence-electron chi connectivity index (χ4n) is 2.34. The van der Waals surface area contributed by atoms with Crippen LogP contribution in [0.15, 0.2) is 30.3 Å². The number of piperidine rings is 1. The van der Waals surface area contributed by atoms with Crippen molar-refractivity contribution in [1.82, 2.24) is 5.32 Å². The average molecular weight is 205 g/mol. The Morgan fingerprint density at radius 1 is 1.27 bits per heavy atom. The van der Waals surface area contributed by atoms with Gasteiger partial charge in [0.1, 0.15) is 0 Å². The van der Waals surface area contributed by atoms with E-state index >= 15 is 0 Å². The Morgan fingerprint density at radius 3 is 2.80 bits per heavy atom. The number of benzene rings is 1. The quantitative estimate of drug-likeness (QED) is 0.785.